The van der Waals surface area contributed by atoms with Gasteiger partial charge in [0.25, 0.3) is 0 Å². The van der Waals surface area contributed by atoms with Crippen molar-refractivity contribution in [2.45, 2.75) is 18.5 Å². The molecule has 0 aliphatic heterocycles. The molecule has 30 heavy (non-hydrogen) atoms. The van der Waals surface area contributed by atoms with Crippen molar-refractivity contribution < 1.29 is 18.0 Å². The predicted octanol–water partition coefficient (Wildman–Crippen LogP) is 5.40. The van der Waals surface area contributed by atoms with Gasteiger partial charge in [-0.2, -0.15) is 13.2 Å². The van der Waals surface area contributed by atoms with E-state index in [0.717, 1.165) is 17.2 Å². The quantitative estimate of drug-likeness (QED) is 0.564. The second kappa shape index (κ2) is 9.80. The van der Waals surface area contributed by atoms with Crippen molar-refractivity contribution in [3.8, 4) is 11.8 Å². The van der Waals surface area contributed by atoms with Gasteiger partial charge < -0.3 is 5.32 Å². The highest BCUT2D eigenvalue weighted by Crippen LogP contribution is 2.31. The van der Waals surface area contributed by atoms with Gasteiger partial charge >= 0.3 is 6.18 Å². The Morgan fingerprint density at radius 3 is 1.93 bits per heavy atom. The van der Waals surface area contributed by atoms with Crippen LogP contribution >= 0.6 is 0 Å². The number of halogens is 3. The maximum absolute atomic E-state index is 13.0. The fraction of sp³-hybridized carbons (Fsp3) is 0.160. The standard InChI is InChI=1S/C25H20F3NO/c26-25(27,28)23-16-8-7-14-21(23)15-9-17-29-24(30)18-22(19-10-3-1-4-11-19)20-12-5-2-6-13-20/h1-8,10-14,16,22H,17-18H2,(H,29,30). The Hall–Kier alpha value is -3.52. The molecule has 0 aromatic heterocycles. The zero-order valence-electron chi connectivity index (χ0n) is 16.1. The number of rotatable bonds is 5. The van der Waals surface area contributed by atoms with E-state index in [2.05, 4.69) is 17.2 Å². The summed E-state index contributed by atoms with van der Waals surface area (Å²) in [5, 5.41) is 2.69. The highest BCUT2D eigenvalue weighted by molar-refractivity contribution is 5.77. The highest BCUT2D eigenvalue weighted by atomic mass is 19.4. The molecule has 3 rings (SSSR count). The van der Waals surface area contributed by atoms with E-state index in [-0.39, 0.29) is 30.4 Å². The summed E-state index contributed by atoms with van der Waals surface area (Å²) in [7, 11) is 0. The fourth-order valence-electron chi connectivity index (χ4n) is 3.18. The maximum Gasteiger partial charge on any atom is 0.417 e. The third-order valence-electron chi connectivity index (χ3n) is 4.62. The molecule has 0 fully saturated rings. The zero-order chi connectivity index (χ0) is 21.4. The number of hydrogen-bond donors (Lipinski definition) is 1. The number of hydrogen-bond acceptors (Lipinski definition) is 1. The molecule has 1 amide bonds. The van der Waals surface area contributed by atoms with Crippen molar-refractivity contribution in [2.24, 2.45) is 0 Å². The Bertz CT molecular complexity index is 995. The molecule has 152 valence electrons. The van der Waals surface area contributed by atoms with Crippen LogP contribution in [0, 0.1) is 11.8 Å². The van der Waals surface area contributed by atoms with Crippen molar-refractivity contribution in [2.75, 3.05) is 6.54 Å². The Morgan fingerprint density at radius 1 is 0.833 bits per heavy atom. The summed E-state index contributed by atoms with van der Waals surface area (Å²) >= 11 is 0. The SMILES string of the molecule is O=C(CC(c1ccccc1)c1ccccc1)NCC#Cc1ccccc1C(F)(F)F. The van der Waals surface area contributed by atoms with Gasteiger partial charge in [-0.05, 0) is 23.3 Å². The van der Waals surface area contributed by atoms with Crippen molar-refractivity contribution in [3.05, 3.63) is 107 Å². The van der Waals surface area contributed by atoms with E-state index < -0.39 is 11.7 Å². The molecule has 0 saturated heterocycles. The Morgan fingerprint density at radius 2 is 1.37 bits per heavy atom. The first kappa shape index (κ1) is 21.2. The first-order valence-corrected chi connectivity index (χ1v) is 9.47. The molecule has 2 nitrogen and oxygen atoms in total. The molecule has 0 saturated carbocycles. The van der Waals surface area contributed by atoms with Crippen LogP contribution in [0.1, 0.15) is 34.6 Å². The average molecular weight is 407 g/mol. The number of alkyl halides is 3. The van der Waals surface area contributed by atoms with Crippen LogP contribution in [0.15, 0.2) is 84.9 Å². The molecule has 0 heterocycles. The topological polar surface area (TPSA) is 29.1 Å². The Labute approximate surface area is 173 Å². The largest absolute Gasteiger partial charge is 0.417 e. The number of nitrogens with one attached hydrogen (secondary N) is 1. The molecule has 3 aromatic carbocycles. The smallest absolute Gasteiger partial charge is 0.345 e. The molecule has 1 N–H and O–H groups in total. The van der Waals surface area contributed by atoms with E-state index >= 15 is 0 Å². The monoisotopic (exact) mass is 407 g/mol. The van der Waals surface area contributed by atoms with Crippen LogP contribution in [0.4, 0.5) is 13.2 Å². The zero-order valence-corrected chi connectivity index (χ0v) is 16.1. The minimum absolute atomic E-state index is 0.0265. The van der Waals surface area contributed by atoms with Gasteiger partial charge in [-0.15, -0.1) is 0 Å². The third-order valence-corrected chi connectivity index (χ3v) is 4.62. The third kappa shape index (κ3) is 5.74. The summed E-state index contributed by atoms with van der Waals surface area (Å²) < 4.78 is 39.0. The molecule has 5 heteroatoms. The van der Waals surface area contributed by atoms with Crippen LogP contribution in [-0.4, -0.2) is 12.5 Å². The fourth-order valence-corrected chi connectivity index (χ4v) is 3.18. The van der Waals surface area contributed by atoms with Gasteiger partial charge in [0.1, 0.15) is 0 Å². The van der Waals surface area contributed by atoms with E-state index in [0.29, 0.717) is 0 Å². The van der Waals surface area contributed by atoms with Crippen LogP contribution in [0.5, 0.6) is 0 Å². The van der Waals surface area contributed by atoms with Gasteiger partial charge in [-0.3, -0.25) is 4.79 Å². The second-order valence-corrected chi connectivity index (χ2v) is 6.70. The van der Waals surface area contributed by atoms with Crippen LogP contribution in [0.25, 0.3) is 0 Å². The van der Waals surface area contributed by atoms with Gasteiger partial charge in [0, 0.05) is 17.9 Å². The molecular weight excluding hydrogens is 387 g/mol. The predicted molar refractivity (Wildman–Crippen MR) is 111 cm³/mol. The number of carbonyl (C=O) groups excluding carboxylic acids is 1. The number of benzene rings is 3. The van der Waals surface area contributed by atoms with Gasteiger partial charge in [0.2, 0.25) is 5.91 Å². The highest BCUT2D eigenvalue weighted by Gasteiger charge is 2.32. The van der Waals surface area contributed by atoms with Gasteiger partial charge in [-0.1, -0.05) is 84.6 Å². The Kier molecular flexibility index (Phi) is 6.92. The minimum Gasteiger partial charge on any atom is -0.345 e. The summed E-state index contributed by atoms with van der Waals surface area (Å²) in [5.74, 6) is 4.79. The van der Waals surface area contributed by atoms with Gasteiger partial charge in [0.15, 0.2) is 0 Å². The van der Waals surface area contributed by atoms with E-state index in [1.807, 2.05) is 60.7 Å². The Balaban J connectivity index is 1.66. The molecule has 0 aliphatic carbocycles. The normalized spacial score (nSPS) is 10.9. The molecule has 0 unspecified atom stereocenters. The van der Waals surface area contributed by atoms with Crippen LogP contribution in [-0.2, 0) is 11.0 Å². The van der Waals surface area contributed by atoms with E-state index in [1.54, 1.807) is 0 Å². The molecule has 0 spiro atoms. The van der Waals surface area contributed by atoms with E-state index in [4.69, 9.17) is 0 Å². The van der Waals surface area contributed by atoms with Gasteiger partial charge in [0.05, 0.1) is 12.1 Å². The molecule has 0 atom stereocenters. The molecule has 0 bridgehead atoms. The van der Waals surface area contributed by atoms with E-state index in [1.165, 1.54) is 18.2 Å². The summed E-state index contributed by atoms with van der Waals surface area (Å²) in [5.41, 5.74) is 1.15. The van der Waals surface area contributed by atoms with Crippen molar-refractivity contribution in [1.29, 1.82) is 0 Å². The lowest BCUT2D eigenvalue weighted by atomic mass is 9.88. The summed E-state index contributed by atoms with van der Waals surface area (Å²) in [6, 6.07) is 24.5. The van der Waals surface area contributed by atoms with Gasteiger partial charge in [-0.25, -0.2) is 0 Å². The lowest BCUT2D eigenvalue weighted by molar-refractivity contribution is -0.137. The van der Waals surface area contributed by atoms with Crippen LogP contribution in [0.3, 0.4) is 0 Å². The molecule has 0 aliphatic rings. The van der Waals surface area contributed by atoms with Crippen molar-refractivity contribution in [3.63, 3.8) is 0 Å². The first-order valence-electron chi connectivity index (χ1n) is 9.47. The van der Waals surface area contributed by atoms with Crippen molar-refractivity contribution in [1.82, 2.24) is 5.32 Å². The molecular formula is C25H20F3NO. The number of carbonyl (C=O) groups is 1. The van der Waals surface area contributed by atoms with Crippen molar-refractivity contribution >= 4 is 5.91 Å². The lowest BCUT2D eigenvalue weighted by Gasteiger charge is -2.17. The minimum atomic E-state index is -4.47. The number of amides is 1. The second-order valence-electron chi connectivity index (χ2n) is 6.70. The summed E-state index contributed by atoms with van der Waals surface area (Å²) in [6.45, 7) is -0.0265. The lowest BCUT2D eigenvalue weighted by Crippen LogP contribution is -2.25. The van der Waals surface area contributed by atoms with Crippen LogP contribution in [0.2, 0.25) is 0 Å². The maximum atomic E-state index is 13.0. The average Bonchev–Trinajstić information content (AvgIpc) is 2.76. The first-order chi connectivity index (χ1) is 14.4. The van der Waals surface area contributed by atoms with E-state index in [9.17, 15) is 18.0 Å². The molecule has 0 radical (unpaired) electrons. The molecule has 3 aromatic rings. The summed E-state index contributed by atoms with van der Waals surface area (Å²) in [4.78, 5) is 12.5. The van der Waals surface area contributed by atoms with Crippen LogP contribution < -0.4 is 5.32 Å². The summed E-state index contributed by atoms with van der Waals surface area (Å²) in [6.07, 6.45) is -4.25.